The lowest BCUT2D eigenvalue weighted by Crippen LogP contribution is -2.34. The van der Waals surface area contributed by atoms with Gasteiger partial charge in [0, 0.05) is 5.02 Å². The van der Waals surface area contributed by atoms with Crippen LogP contribution < -0.4 is 0 Å². The molecule has 2 aromatic carbocycles. The highest BCUT2D eigenvalue weighted by atomic mass is 35.5. The van der Waals surface area contributed by atoms with E-state index in [9.17, 15) is 9.90 Å². The largest absolute Gasteiger partial charge is 0.481 e. The third-order valence-corrected chi connectivity index (χ3v) is 6.18. The Morgan fingerprint density at radius 2 is 1.58 bits per heavy atom. The highest BCUT2D eigenvalue weighted by Crippen LogP contribution is 2.46. The number of rotatable bonds is 4. The summed E-state index contributed by atoms with van der Waals surface area (Å²) in [6, 6.07) is 13.8. The molecular weight excluding hydrogens is 344 g/mol. The zero-order chi connectivity index (χ0) is 19.1. The standard InChI is InChI=1S/C23H27ClO2/c1-22(2)11-12-23(3,4)20-14-16(7-10-19(20)22)18(21(25)26)13-15-5-8-17(24)9-6-15/h5-10,14,18H,11-13H2,1-4H3,(H,25,26)/t18-/m0/s1. The van der Waals surface area contributed by atoms with Gasteiger partial charge in [-0.25, -0.2) is 0 Å². The first-order chi connectivity index (χ1) is 12.1. The van der Waals surface area contributed by atoms with Crippen LogP contribution in [0.4, 0.5) is 0 Å². The summed E-state index contributed by atoms with van der Waals surface area (Å²) in [6.07, 6.45) is 2.74. The smallest absolute Gasteiger partial charge is 0.311 e. The summed E-state index contributed by atoms with van der Waals surface area (Å²) in [5.41, 5.74) is 4.74. The molecule has 138 valence electrons. The Balaban J connectivity index is 2.01. The number of carboxylic acid groups (broad SMARTS) is 1. The topological polar surface area (TPSA) is 37.3 Å². The van der Waals surface area contributed by atoms with E-state index in [0.717, 1.165) is 24.0 Å². The van der Waals surface area contributed by atoms with Gasteiger partial charge >= 0.3 is 5.97 Å². The number of hydrogen-bond acceptors (Lipinski definition) is 1. The first kappa shape index (κ1) is 19.0. The van der Waals surface area contributed by atoms with E-state index in [1.54, 1.807) is 0 Å². The number of fused-ring (bicyclic) bond motifs is 1. The molecule has 1 atom stereocenters. The summed E-state index contributed by atoms with van der Waals surface area (Å²) in [5, 5.41) is 10.5. The summed E-state index contributed by atoms with van der Waals surface area (Å²) in [7, 11) is 0. The van der Waals surface area contributed by atoms with Gasteiger partial charge in [-0.2, -0.15) is 0 Å². The fourth-order valence-corrected chi connectivity index (χ4v) is 4.15. The SMILES string of the molecule is CC1(C)CCC(C)(C)c2cc([C@H](Cc3ccc(Cl)cc3)C(=O)O)ccc21. The van der Waals surface area contributed by atoms with Crippen LogP contribution in [-0.4, -0.2) is 11.1 Å². The predicted octanol–water partition coefficient (Wildman–Crippen LogP) is 6.10. The van der Waals surface area contributed by atoms with Crippen molar-refractivity contribution in [3.05, 3.63) is 69.7 Å². The molecule has 3 rings (SSSR count). The summed E-state index contributed by atoms with van der Waals surface area (Å²) in [5.74, 6) is -1.34. The fraction of sp³-hybridized carbons (Fsp3) is 0.435. The van der Waals surface area contributed by atoms with Crippen LogP contribution in [0.3, 0.4) is 0 Å². The second kappa shape index (κ2) is 6.74. The lowest BCUT2D eigenvalue weighted by atomic mass is 9.62. The normalized spacial score (nSPS) is 18.8. The third-order valence-electron chi connectivity index (χ3n) is 5.93. The maximum Gasteiger partial charge on any atom is 0.311 e. The molecule has 0 spiro atoms. The van der Waals surface area contributed by atoms with Gasteiger partial charge in [-0.1, -0.05) is 69.6 Å². The fourth-order valence-electron chi connectivity index (χ4n) is 4.03. The minimum Gasteiger partial charge on any atom is -0.481 e. The van der Waals surface area contributed by atoms with Crippen molar-refractivity contribution in [3.8, 4) is 0 Å². The number of carboxylic acids is 1. The van der Waals surface area contributed by atoms with Crippen molar-refractivity contribution >= 4 is 17.6 Å². The highest BCUT2D eigenvalue weighted by molar-refractivity contribution is 6.30. The molecule has 0 saturated carbocycles. The van der Waals surface area contributed by atoms with Crippen molar-refractivity contribution in [1.29, 1.82) is 0 Å². The van der Waals surface area contributed by atoms with Crippen LogP contribution in [0, 0.1) is 0 Å². The van der Waals surface area contributed by atoms with E-state index < -0.39 is 11.9 Å². The summed E-state index contributed by atoms with van der Waals surface area (Å²) >= 11 is 5.95. The Morgan fingerprint density at radius 3 is 2.15 bits per heavy atom. The zero-order valence-electron chi connectivity index (χ0n) is 16.0. The van der Waals surface area contributed by atoms with Crippen LogP contribution in [0.25, 0.3) is 0 Å². The molecule has 0 saturated heterocycles. The minimum absolute atomic E-state index is 0.0736. The maximum absolute atomic E-state index is 12.0. The Bertz CT molecular complexity index is 819. The second-order valence-corrected chi connectivity index (χ2v) is 9.23. The van der Waals surface area contributed by atoms with Crippen LogP contribution in [0.1, 0.15) is 68.7 Å². The van der Waals surface area contributed by atoms with E-state index in [1.165, 1.54) is 11.1 Å². The molecule has 0 heterocycles. The zero-order valence-corrected chi connectivity index (χ0v) is 16.7. The maximum atomic E-state index is 12.0. The Hall–Kier alpha value is -1.80. The van der Waals surface area contributed by atoms with E-state index in [1.807, 2.05) is 30.3 Å². The molecule has 1 aliphatic rings. The van der Waals surface area contributed by atoms with Crippen LogP contribution >= 0.6 is 11.6 Å². The van der Waals surface area contributed by atoms with Crippen LogP contribution in [0.5, 0.6) is 0 Å². The van der Waals surface area contributed by atoms with E-state index in [4.69, 9.17) is 11.6 Å². The monoisotopic (exact) mass is 370 g/mol. The number of hydrogen-bond donors (Lipinski definition) is 1. The molecule has 1 N–H and O–H groups in total. The average molecular weight is 371 g/mol. The van der Waals surface area contributed by atoms with Gasteiger partial charge < -0.3 is 5.11 Å². The molecule has 0 radical (unpaired) electrons. The van der Waals surface area contributed by atoms with Gasteiger partial charge in [0.25, 0.3) is 0 Å². The number of benzene rings is 2. The Morgan fingerprint density at radius 1 is 1.00 bits per heavy atom. The van der Waals surface area contributed by atoms with Crippen LogP contribution in [0.15, 0.2) is 42.5 Å². The number of carbonyl (C=O) groups is 1. The van der Waals surface area contributed by atoms with E-state index >= 15 is 0 Å². The van der Waals surface area contributed by atoms with Crippen molar-refractivity contribution in [1.82, 2.24) is 0 Å². The molecule has 1 aliphatic carbocycles. The lowest BCUT2D eigenvalue weighted by molar-refractivity contribution is -0.138. The van der Waals surface area contributed by atoms with Crippen LogP contribution in [0.2, 0.25) is 5.02 Å². The molecular formula is C23H27ClO2. The molecule has 3 heteroatoms. The lowest BCUT2D eigenvalue weighted by Gasteiger charge is -2.42. The molecule has 0 bridgehead atoms. The van der Waals surface area contributed by atoms with Crippen molar-refractivity contribution in [2.24, 2.45) is 0 Å². The minimum atomic E-state index is -0.784. The number of aliphatic carboxylic acids is 1. The van der Waals surface area contributed by atoms with E-state index in [-0.39, 0.29) is 10.8 Å². The summed E-state index contributed by atoms with van der Waals surface area (Å²) in [4.78, 5) is 12.0. The molecule has 2 aromatic rings. The van der Waals surface area contributed by atoms with E-state index in [0.29, 0.717) is 11.4 Å². The summed E-state index contributed by atoms with van der Waals surface area (Å²) in [6.45, 7) is 9.09. The van der Waals surface area contributed by atoms with Gasteiger partial charge in [-0.15, -0.1) is 0 Å². The van der Waals surface area contributed by atoms with Gasteiger partial charge in [-0.3, -0.25) is 4.79 Å². The molecule has 0 fully saturated rings. The van der Waals surface area contributed by atoms with Gasteiger partial charge in [0.05, 0.1) is 5.92 Å². The van der Waals surface area contributed by atoms with Gasteiger partial charge in [0.2, 0.25) is 0 Å². The van der Waals surface area contributed by atoms with Gasteiger partial charge in [0.1, 0.15) is 0 Å². The highest BCUT2D eigenvalue weighted by Gasteiger charge is 2.37. The van der Waals surface area contributed by atoms with Gasteiger partial charge in [0.15, 0.2) is 0 Å². The quantitative estimate of drug-likeness (QED) is 0.705. The second-order valence-electron chi connectivity index (χ2n) is 8.79. The molecule has 0 amide bonds. The van der Waals surface area contributed by atoms with Crippen molar-refractivity contribution in [2.75, 3.05) is 0 Å². The predicted molar refractivity (Wildman–Crippen MR) is 107 cm³/mol. The molecule has 26 heavy (non-hydrogen) atoms. The molecule has 0 unspecified atom stereocenters. The average Bonchev–Trinajstić information content (AvgIpc) is 2.58. The Labute approximate surface area is 161 Å². The van der Waals surface area contributed by atoms with Crippen LogP contribution in [-0.2, 0) is 22.0 Å². The molecule has 0 aromatic heterocycles. The third kappa shape index (κ3) is 3.66. The molecule has 2 nitrogen and oxygen atoms in total. The van der Waals surface area contributed by atoms with E-state index in [2.05, 4.69) is 39.8 Å². The first-order valence-corrected chi connectivity index (χ1v) is 9.60. The summed E-state index contributed by atoms with van der Waals surface area (Å²) < 4.78 is 0. The number of halogens is 1. The molecule has 0 aliphatic heterocycles. The van der Waals surface area contributed by atoms with Gasteiger partial charge in [-0.05, 0) is 64.5 Å². The first-order valence-electron chi connectivity index (χ1n) is 9.22. The van der Waals surface area contributed by atoms with Crippen molar-refractivity contribution < 1.29 is 9.90 Å². The Kier molecular flexibility index (Phi) is 4.92. The van der Waals surface area contributed by atoms with Crippen molar-refractivity contribution in [2.45, 2.75) is 63.7 Å². The van der Waals surface area contributed by atoms with Crippen molar-refractivity contribution in [3.63, 3.8) is 0 Å².